The van der Waals surface area contributed by atoms with E-state index in [-0.39, 0.29) is 0 Å². The highest BCUT2D eigenvalue weighted by Crippen LogP contribution is 2.23. The van der Waals surface area contributed by atoms with E-state index in [2.05, 4.69) is 41.0 Å². The molecule has 0 amide bonds. The normalized spacial score (nSPS) is 12.4. The second-order valence-corrected chi connectivity index (χ2v) is 5.25. The summed E-state index contributed by atoms with van der Waals surface area (Å²) >= 11 is 0. The van der Waals surface area contributed by atoms with Crippen molar-refractivity contribution in [3.63, 3.8) is 0 Å². The number of aryl methyl sites for hydroxylation is 3. The van der Waals surface area contributed by atoms with Gasteiger partial charge in [-0.25, -0.2) is 15.0 Å². The van der Waals surface area contributed by atoms with Crippen LogP contribution < -0.4 is 5.32 Å². The molecule has 0 aliphatic heterocycles. The van der Waals surface area contributed by atoms with Gasteiger partial charge in [-0.1, -0.05) is 13.0 Å². The first-order chi connectivity index (χ1) is 9.52. The Balaban J connectivity index is 2.45. The fraction of sp³-hybridized carbons (Fsp3) is 0.438. The van der Waals surface area contributed by atoms with E-state index in [1.54, 1.807) is 0 Å². The van der Waals surface area contributed by atoms with Gasteiger partial charge in [-0.3, -0.25) is 0 Å². The second-order valence-electron chi connectivity index (χ2n) is 5.25. The molecule has 0 spiro atoms. The van der Waals surface area contributed by atoms with Gasteiger partial charge >= 0.3 is 0 Å². The number of aromatic nitrogens is 3. The average Bonchev–Trinajstić information content (AvgIpc) is 2.38. The predicted octanol–water partition coefficient (Wildman–Crippen LogP) is 2.79. The first-order valence-corrected chi connectivity index (χ1v) is 6.96. The summed E-state index contributed by atoms with van der Waals surface area (Å²) in [6, 6.07) is 5.92. The van der Waals surface area contributed by atoms with E-state index in [1.807, 2.05) is 32.2 Å². The second kappa shape index (κ2) is 6.09. The van der Waals surface area contributed by atoms with Crippen molar-refractivity contribution >= 4 is 0 Å². The van der Waals surface area contributed by atoms with Crippen LogP contribution in [0.25, 0.3) is 11.5 Å². The number of hydrogen-bond acceptors (Lipinski definition) is 4. The molecule has 0 aliphatic rings. The Morgan fingerprint density at radius 3 is 2.25 bits per heavy atom. The summed E-state index contributed by atoms with van der Waals surface area (Å²) in [6.07, 6.45) is 0. The van der Waals surface area contributed by atoms with Crippen LogP contribution in [0.3, 0.4) is 0 Å². The minimum Gasteiger partial charge on any atom is -0.319 e. The van der Waals surface area contributed by atoms with Crippen molar-refractivity contribution in [2.24, 2.45) is 0 Å². The van der Waals surface area contributed by atoms with Gasteiger partial charge in [0, 0.05) is 23.6 Å². The van der Waals surface area contributed by atoms with Gasteiger partial charge in [-0.2, -0.15) is 0 Å². The highest BCUT2D eigenvalue weighted by atomic mass is 14.9. The fourth-order valence-corrected chi connectivity index (χ4v) is 2.63. The van der Waals surface area contributed by atoms with Crippen LogP contribution in [0.1, 0.15) is 35.5 Å². The lowest BCUT2D eigenvalue weighted by Gasteiger charge is -2.17. The zero-order valence-corrected chi connectivity index (χ0v) is 12.9. The monoisotopic (exact) mass is 270 g/mol. The Kier molecular flexibility index (Phi) is 4.45. The molecule has 0 saturated heterocycles. The molecular weight excluding hydrogens is 248 g/mol. The summed E-state index contributed by atoms with van der Waals surface area (Å²) in [6.45, 7) is 9.20. The topological polar surface area (TPSA) is 50.7 Å². The molecule has 0 aromatic carbocycles. The van der Waals surface area contributed by atoms with Crippen molar-refractivity contribution in [3.8, 4) is 11.5 Å². The Hall–Kier alpha value is -1.81. The van der Waals surface area contributed by atoms with E-state index in [0.717, 1.165) is 29.3 Å². The molecule has 4 nitrogen and oxygen atoms in total. The summed E-state index contributed by atoms with van der Waals surface area (Å²) in [5.41, 5.74) is 5.13. The Labute approximate surface area is 120 Å². The van der Waals surface area contributed by atoms with Crippen molar-refractivity contribution in [2.75, 3.05) is 13.6 Å². The van der Waals surface area contributed by atoms with Crippen LogP contribution in [0.5, 0.6) is 0 Å². The molecule has 0 bridgehead atoms. The van der Waals surface area contributed by atoms with Crippen molar-refractivity contribution in [3.05, 3.63) is 40.8 Å². The van der Waals surface area contributed by atoms with Crippen LogP contribution in [0.4, 0.5) is 0 Å². The van der Waals surface area contributed by atoms with Gasteiger partial charge < -0.3 is 5.32 Å². The van der Waals surface area contributed by atoms with E-state index in [1.165, 1.54) is 5.56 Å². The maximum Gasteiger partial charge on any atom is 0.178 e. The van der Waals surface area contributed by atoms with Gasteiger partial charge in [0.2, 0.25) is 0 Å². The van der Waals surface area contributed by atoms with E-state index in [9.17, 15) is 0 Å². The molecule has 0 fully saturated rings. The fourth-order valence-electron chi connectivity index (χ4n) is 2.63. The van der Waals surface area contributed by atoms with Crippen molar-refractivity contribution < 1.29 is 0 Å². The molecule has 1 unspecified atom stereocenters. The lowest BCUT2D eigenvalue weighted by atomic mass is 9.98. The van der Waals surface area contributed by atoms with E-state index >= 15 is 0 Å². The quantitative estimate of drug-likeness (QED) is 0.928. The van der Waals surface area contributed by atoms with Crippen molar-refractivity contribution in [2.45, 2.75) is 33.6 Å². The maximum absolute atomic E-state index is 4.65. The lowest BCUT2D eigenvalue weighted by molar-refractivity contribution is 0.662. The number of likely N-dealkylation sites (N-methyl/N-ethyl adjacent to an activating group) is 1. The van der Waals surface area contributed by atoms with Crippen LogP contribution in [-0.4, -0.2) is 28.5 Å². The number of hydrogen-bond donors (Lipinski definition) is 1. The molecule has 0 saturated carbocycles. The van der Waals surface area contributed by atoms with Crippen LogP contribution >= 0.6 is 0 Å². The van der Waals surface area contributed by atoms with E-state index < -0.39 is 0 Å². The molecule has 1 atom stereocenters. The predicted molar refractivity (Wildman–Crippen MR) is 81.8 cm³/mol. The number of nitrogens with one attached hydrogen (secondary N) is 1. The van der Waals surface area contributed by atoms with Crippen LogP contribution in [0.15, 0.2) is 18.2 Å². The van der Waals surface area contributed by atoms with Crippen molar-refractivity contribution in [1.29, 1.82) is 0 Å². The highest BCUT2D eigenvalue weighted by molar-refractivity contribution is 5.51. The molecule has 1 N–H and O–H groups in total. The Morgan fingerprint density at radius 1 is 1.05 bits per heavy atom. The van der Waals surface area contributed by atoms with Gasteiger partial charge in [-0.15, -0.1) is 0 Å². The summed E-state index contributed by atoms with van der Waals surface area (Å²) in [4.78, 5) is 13.8. The lowest BCUT2D eigenvalue weighted by Crippen LogP contribution is -2.17. The summed E-state index contributed by atoms with van der Waals surface area (Å²) in [5.74, 6) is 1.11. The third-order valence-corrected chi connectivity index (χ3v) is 3.45. The Morgan fingerprint density at radius 2 is 1.70 bits per heavy atom. The van der Waals surface area contributed by atoms with Gasteiger partial charge in [0.15, 0.2) is 5.82 Å². The maximum atomic E-state index is 4.65. The standard InChI is InChI=1S/C16H22N4/c1-10(9-17-5)15-12(3)19-16(20-13(15)4)14-8-6-7-11(2)18-14/h6-8,10,17H,9H2,1-5H3. The largest absolute Gasteiger partial charge is 0.319 e. The molecule has 0 radical (unpaired) electrons. The molecular formula is C16H22N4. The number of pyridine rings is 1. The first-order valence-electron chi connectivity index (χ1n) is 6.96. The molecule has 4 heteroatoms. The molecule has 20 heavy (non-hydrogen) atoms. The van der Waals surface area contributed by atoms with Crippen LogP contribution in [0.2, 0.25) is 0 Å². The zero-order chi connectivity index (χ0) is 14.7. The van der Waals surface area contributed by atoms with Gasteiger partial charge in [-0.05, 0) is 51.4 Å². The minimum atomic E-state index is 0.402. The third-order valence-electron chi connectivity index (χ3n) is 3.45. The van der Waals surface area contributed by atoms with E-state index in [0.29, 0.717) is 11.7 Å². The van der Waals surface area contributed by atoms with Gasteiger partial charge in [0.1, 0.15) is 5.69 Å². The average molecular weight is 270 g/mol. The van der Waals surface area contributed by atoms with Gasteiger partial charge in [0.25, 0.3) is 0 Å². The summed E-state index contributed by atoms with van der Waals surface area (Å²) < 4.78 is 0. The third kappa shape index (κ3) is 3.02. The molecule has 0 aliphatic carbocycles. The number of rotatable bonds is 4. The van der Waals surface area contributed by atoms with Crippen LogP contribution in [-0.2, 0) is 0 Å². The molecule has 2 heterocycles. The van der Waals surface area contributed by atoms with E-state index in [4.69, 9.17) is 0 Å². The number of nitrogens with zero attached hydrogens (tertiary/aromatic N) is 3. The zero-order valence-electron chi connectivity index (χ0n) is 12.9. The summed E-state index contributed by atoms with van der Waals surface area (Å²) in [7, 11) is 1.97. The van der Waals surface area contributed by atoms with Gasteiger partial charge in [0.05, 0.1) is 0 Å². The summed E-state index contributed by atoms with van der Waals surface area (Å²) in [5, 5.41) is 3.21. The molecule has 2 rings (SSSR count). The SMILES string of the molecule is CNCC(C)c1c(C)nc(-c2cccc(C)n2)nc1C. The molecule has 2 aromatic heterocycles. The van der Waals surface area contributed by atoms with Crippen LogP contribution in [0, 0.1) is 20.8 Å². The first kappa shape index (κ1) is 14.6. The highest BCUT2D eigenvalue weighted by Gasteiger charge is 2.15. The minimum absolute atomic E-state index is 0.402. The Bertz CT molecular complexity index is 584. The molecule has 2 aromatic rings. The smallest absolute Gasteiger partial charge is 0.178 e. The molecule has 106 valence electrons. The van der Waals surface area contributed by atoms with Crippen molar-refractivity contribution in [1.82, 2.24) is 20.3 Å².